The Bertz CT molecular complexity index is 1170. The first kappa shape index (κ1) is 26.2. The van der Waals surface area contributed by atoms with Gasteiger partial charge in [-0.05, 0) is 60.4 Å². The fourth-order valence-corrected chi connectivity index (χ4v) is 5.84. The number of nitrogens with zero attached hydrogens (tertiary/aromatic N) is 2. The van der Waals surface area contributed by atoms with Gasteiger partial charge in [-0.3, -0.25) is 14.5 Å². The van der Waals surface area contributed by atoms with Gasteiger partial charge in [-0.1, -0.05) is 70.6 Å². The molecule has 4 rings (SSSR count). The lowest BCUT2D eigenvalue weighted by Crippen LogP contribution is -2.25. The Morgan fingerprint density at radius 1 is 0.667 bits per heavy atom. The number of rotatable bonds is 13. The second kappa shape index (κ2) is 12.4. The van der Waals surface area contributed by atoms with Crippen LogP contribution in [0.5, 0.6) is 0 Å². The highest BCUT2D eigenvalue weighted by atomic mass is 32.1. The van der Waals surface area contributed by atoms with Crippen molar-refractivity contribution in [1.29, 1.82) is 0 Å². The molecule has 3 aromatic rings. The van der Waals surface area contributed by atoms with E-state index in [1.54, 1.807) is 17.4 Å². The molecule has 190 valence electrons. The summed E-state index contributed by atoms with van der Waals surface area (Å²) in [6, 6.07) is 18.8. The van der Waals surface area contributed by atoms with E-state index in [1.165, 1.54) is 79.4 Å². The summed E-state index contributed by atoms with van der Waals surface area (Å²) in [7, 11) is 1.54. The monoisotopic (exact) mass is 502 g/mol. The van der Waals surface area contributed by atoms with E-state index < -0.39 is 0 Å². The zero-order chi connectivity index (χ0) is 25.5. The summed E-state index contributed by atoms with van der Waals surface area (Å²) in [5.74, 6) is -0.448. The third kappa shape index (κ3) is 5.89. The number of thiophene rings is 1. The number of anilines is 1. The summed E-state index contributed by atoms with van der Waals surface area (Å²) in [5, 5.41) is 0. The van der Waals surface area contributed by atoms with Gasteiger partial charge in [0.1, 0.15) is 0 Å². The topological polar surface area (TPSA) is 40.6 Å². The number of carbonyl (C=O) groups excluding carboxylic acids is 2. The van der Waals surface area contributed by atoms with E-state index in [0.717, 1.165) is 23.5 Å². The zero-order valence-corrected chi connectivity index (χ0v) is 22.7. The van der Waals surface area contributed by atoms with Crippen LogP contribution in [0.25, 0.3) is 20.9 Å². The summed E-state index contributed by atoms with van der Waals surface area (Å²) in [6.07, 6.45) is 10.3. The molecule has 0 saturated heterocycles. The number of imide groups is 1. The molecular weight excluding hydrogens is 464 g/mol. The SMILES string of the molecule is CCCCCCN(CCCCCC)c1ccc(-c2ccc(-c3ccc4c(c3)C(=O)N(C)C4=O)s2)cc1. The highest BCUT2D eigenvalue weighted by Gasteiger charge is 2.32. The first-order valence-electron chi connectivity index (χ1n) is 13.5. The predicted molar refractivity (Wildman–Crippen MR) is 152 cm³/mol. The Balaban J connectivity index is 1.47. The molecule has 0 unspecified atom stereocenters. The quantitative estimate of drug-likeness (QED) is 0.174. The van der Waals surface area contributed by atoms with E-state index in [-0.39, 0.29) is 11.8 Å². The number of benzene rings is 2. The van der Waals surface area contributed by atoms with Crippen molar-refractivity contribution in [1.82, 2.24) is 4.90 Å². The number of carbonyl (C=O) groups is 2. The van der Waals surface area contributed by atoms with Crippen LogP contribution in [0.2, 0.25) is 0 Å². The molecular formula is C31H38N2O2S. The fraction of sp³-hybridized carbons (Fsp3) is 0.419. The maximum Gasteiger partial charge on any atom is 0.261 e. The van der Waals surface area contributed by atoms with Crippen molar-refractivity contribution in [3.63, 3.8) is 0 Å². The van der Waals surface area contributed by atoms with Crippen molar-refractivity contribution in [3.8, 4) is 20.9 Å². The molecule has 0 aliphatic carbocycles. The van der Waals surface area contributed by atoms with Gasteiger partial charge < -0.3 is 4.90 Å². The normalized spacial score (nSPS) is 12.9. The van der Waals surface area contributed by atoms with Crippen LogP contribution < -0.4 is 4.90 Å². The average molecular weight is 503 g/mol. The van der Waals surface area contributed by atoms with Crippen LogP contribution in [0.15, 0.2) is 54.6 Å². The minimum Gasteiger partial charge on any atom is -0.372 e. The Morgan fingerprint density at radius 2 is 1.22 bits per heavy atom. The van der Waals surface area contributed by atoms with E-state index >= 15 is 0 Å². The van der Waals surface area contributed by atoms with E-state index in [2.05, 4.69) is 55.1 Å². The zero-order valence-electron chi connectivity index (χ0n) is 21.9. The molecule has 0 radical (unpaired) electrons. The van der Waals surface area contributed by atoms with Crippen molar-refractivity contribution in [2.24, 2.45) is 0 Å². The van der Waals surface area contributed by atoms with E-state index in [9.17, 15) is 9.59 Å². The third-order valence-corrected chi connectivity index (χ3v) is 8.24. The summed E-state index contributed by atoms with van der Waals surface area (Å²) < 4.78 is 0. The van der Waals surface area contributed by atoms with E-state index in [1.807, 2.05) is 12.1 Å². The third-order valence-electron chi connectivity index (χ3n) is 7.06. The number of fused-ring (bicyclic) bond motifs is 1. The summed E-state index contributed by atoms with van der Waals surface area (Å²) in [6.45, 7) is 6.79. The maximum absolute atomic E-state index is 12.4. The van der Waals surface area contributed by atoms with Crippen LogP contribution in [0.1, 0.15) is 85.9 Å². The van der Waals surface area contributed by atoms with E-state index in [0.29, 0.717) is 11.1 Å². The molecule has 1 aliphatic heterocycles. The van der Waals surface area contributed by atoms with Gasteiger partial charge in [-0.15, -0.1) is 11.3 Å². The number of amides is 2. The number of hydrogen-bond donors (Lipinski definition) is 0. The van der Waals surface area contributed by atoms with Gasteiger partial charge in [0.15, 0.2) is 0 Å². The molecule has 0 bridgehead atoms. The second-order valence-corrected chi connectivity index (χ2v) is 10.8. The maximum atomic E-state index is 12.4. The molecule has 0 saturated carbocycles. The minimum atomic E-state index is -0.224. The molecule has 1 aromatic heterocycles. The van der Waals surface area contributed by atoms with Crippen molar-refractivity contribution >= 4 is 28.8 Å². The van der Waals surface area contributed by atoms with Gasteiger partial charge in [0.2, 0.25) is 0 Å². The van der Waals surface area contributed by atoms with Gasteiger partial charge in [-0.25, -0.2) is 0 Å². The lowest BCUT2D eigenvalue weighted by Gasteiger charge is -2.25. The van der Waals surface area contributed by atoms with Gasteiger partial charge in [0, 0.05) is 35.6 Å². The average Bonchev–Trinajstić information content (AvgIpc) is 3.48. The van der Waals surface area contributed by atoms with Crippen molar-refractivity contribution in [2.75, 3.05) is 25.0 Å². The smallest absolute Gasteiger partial charge is 0.261 e. The molecule has 2 amide bonds. The molecule has 0 fully saturated rings. The highest BCUT2D eigenvalue weighted by molar-refractivity contribution is 7.18. The van der Waals surface area contributed by atoms with Crippen LogP contribution in [-0.4, -0.2) is 36.9 Å². The summed E-state index contributed by atoms with van der Waals surface area (Å²) >= 11 is 1.72. The molecule has 0 atom stereocenters. The van der Waals surface area contributed by atoms with Crippen LogP contribution >= 0.6 is 11.3 Å². The first-order chi connectivity index (χ1) is 17.5. The van der Waals surface area contributed by atoms with E-state index in [4.69, 9.17) is 0 Å². The summed E-state index contributed by atoms with van der Waals surface area (Å²) in [4.78, 5) is 30.7. The highest BCUT2D eigenvalue weighted by Crippen LogP contribution is 2.37. The predicted octanol–water partition coefficient (Wildman–Crippen LogP) is 8.27. The molecule has 2 aromatic carbocycles. The molecule has 0 spiro atoms. The van der Waals surface area contributed by atoms with Crippen molar-refractivity contribution in [2.45, 2.75) is 65.2 Å². The molecule has 5 heteroatoms. The van der Waals surface area contributed by atoms with Crippen LogP contribution in [0.4, 0.5) is 5.69 Å². The molecule has 4 nitrogen and oxygen atoms in total. The van der Waals surface area contributed by atoms with Crippen molar-refractivity contribution in [3.05, 3.63) is 65.7 Å². The number of hydrogen-bond acceptors (Lipinski definition) is 4. The van der Waals surface area contributed by atoms with Crippen LogP contribution in [-0.2, 0) is 0 Å². The Hall–Kier alpha value is -2.92. The molecule has 2 heterocycles. The van der Waals surface area contributed by atoms with Gasteiger partial charge >= 0.3 is 0 Å². The van der Waals surface area contributed by atoms with Crippen LogP contribution in [0, 0.1) is 0 Å². The summed E-state index contributed by atoms with van der Waals surface area (Å²) in [5.41, 5.74) is 4.49. The lowest BCUT2D eigenvalue weighted by atomic mass is 10.0. The van der Waals surface area contributed by atoms with Crippen molar-refractivity contribution < 1.29 is 9.59 Å². The second-order valence-electron chi connectivity index (χ2n) is 9.75. The minimum absolute atomic E-state index is 0.224. The van der Waals surface area contributed by atoms with Crippen LogP contribution in [0.3, 0.4) is 0 Å². The first-order valence-corrected chi connectivity index (χ1v) is 14.3. The molecule has 1 aliphatic rings. The van der Waals surface area contributed by atoms with Gasteiger partial charge in [-0.2, -0.15) is 0 Å². The fourth-order valence-electron chi connectivity index (χ4n) is 4.83. The Kier molecular flexibility index (Phi) is 8.98. The Morgan fingerprint density at radius 3 is 1.83 bits per heavy atom. The number of unbranched alkanes of at least 4 members (excludes halogenated alkanes) is 6. The lowest BCUT2D eigenvalue weighted by molar-refractivity contribution is 0.0693. The largest absolute Gasteiger partial charge is 0.372 e. The van der Waals surface area contributed by atoms with Gasteiger partial charge in [0.25, 0.3) is 11.8 Å². The molecule has 0 N–H and O–H groups in total. The van der Waals surface area contributed by atoms with Gasteiger partial charge in [0.05, 0.1) is 11.1 Å². The molecule has 36 heavy (non-hydrogen) atoms. The Labute approximate surface area is 219 Å². The standard InChI is InChI=1S/C31H38N2O2S/c1-4-6-8-10-20-33(21-11-9-7-5-2)25-15-12-23(13-16-25)28-18-19-29(36-28)24-14-17-26-27(22-24)31(35)32(3)30(26)34/h12-19,22H,4-11,20-21H2,1-3H3.